The Labute approximate surface area is 394 Å². The number of ether oxygens (including phenoxy) is 3. The molecular formula is C45H39Cl3N10O9. The highest BCUT2D eigenvalue weighted by molar-refractivity contribution is 6.33. The Morgan fingerprint density at radius 1 is 0.627 bits per heavy atom. The fraction of sp³-hybridized carbons (Fsp3) is 0.222. The van der Waals surface area contributed by atoms with Crippen LogP contribution in [0.5, 0.6) is 0 Å². The number of imidazole rings is 2. The minimum absolute atomic E-state index is 0.139. The predicted octanol–water partition coefficient (Wildman–Crippen LogP) is 5.14. The molecule has 0 spiro atoms. The van der Waals surface area contributed by atoms with E-state index in [-0.39, 0.29) is 5.15 Å². The number of nitrogens with two attached hydrogens (primary N) is 1. The average molecular weight is 970 g/mol. The van der Waals surface area contributed by atoms with Gasteiger partial charge in [-0.05, 0) is 58.7 Å². The summed E-state index contributed by atoms with van der Waals surface area (Å²) in [5.41, 5.74) is 7.09. The first-order chi connectivity index (χ1) is 32.4. The van der Waals surface area contributed by atoms with E-state index in [9.17, 15) is 30.3 Å². The number of rotatable bonds is 10. The van der Waals surface area contributed by atoms with E-state index in [2.05, 4.69) is 35.3 Å². The molecule has 0 bridgehead atoms. The van der Waals surface area contributed by atoms with Crippen molar-refractivity contribution in [1.29, 1.82) is 0 Å². The number of hydrogen-bond acceptors (Lipinski definition) is 17. The summed E-state index contributed by atoms with van der Waals surface area (Å²) in [6, 6.07) is 29.9. The zero-order valence-electron chi connectivity index (χ0n) is 34.6. The molecule has 10 rings (SSSR count). The largest absolute Gasteiger partial charge is 0.451 e. The number of carbonyl (C=O) groups is 1. The number of hydrazine groups is 1. The molecule has 0 saturated carbocycles. The molecule has 2 aliphatic heterocycles. The number of anilines is 1. The van der Waals surface area contributed by atoms with Crippen molar-refractivity contribution >= 4 is 68.9 Å². The molecule has 4 aromatic heterocycles. The Morgan fingerprint density at radius 2 is 1.15 bits per heavy atom. The van der Waals surface area contributed by atoms with Crippen LogP contribution in [0.2, 0.25) is 15.2 Å². The molecule has 0 radical (unpaired) electrons. The van der Waals surface area contributed by atoms with Crippen LogP contribution in [0.4, 0.5) is 5.82 Å². The summed E-state index contributed by atoms with van der Waals surface area (Å²) in [6.45, 7) is 0. The lowest BCUT2D eigenvalue weighted by molar-refractivity contribution is -0.0917. The number of nitrogen functional groups attached to an aromatic ring is 1. The van der Waals surface area contributed by atoms with Gasteiger partial charge in [-0.25, -0.2) is 40.5 Å². The highest BCUT2D eigenvalue weighted by Crippen LogP contribution is 2.41. The second-order valence-electron chi connectivity index (χ2n) is 15.4. The first-order valence-corrected chi connectivity index (χ1v) is 21.6. The van der Waals surface area contributed by atoms with E-state index in [1.165, 1.54) is 34.4 Å². The van der Waals surface area contributed by atoms with E-state index in [1.54, 1.807) is 60.7 Å². The third-order valence-electron chi connectivity index (χ3n) is 11.4. The third-order valence-corrected chi connectivity index (χ3v) is 12.2. The van der Waals surface area contributed by atoms with Crippen LogP contribution in [0.15, 0.2) is 128 Å². The van der Waals surface area contributed by atoms with Gasteiger partial charge in [-0.15, -0.1) is 0 Å². The van der Waals surface area contributed by atoms with E-state index < -0.39 is 67.3 Å². The number of esters is 1. The van der Waals surface area contributed by atoms with Gasteiger partial charge in [0, 0.05) is 10.0 Å². The Kier molecular flexibility index (Phi) is 13.4. The second-order valence-corrected chi connectivity index (χ2v) is 16.7. The Hall–Kier alpha value is -6.20. The van der Waals surface area contributed by atoms with Gasteiger partial charge in [0.1, 0.15) is 60.9 Å². The molecule has 2 aliphatic rings. The maximum Gasteiger partial charge on any atom is 0.338 e. The Bertz CT molecular complexity index is 2990. The zero-order chi connectivity index (χ0) is 46.9. The number of aliphatic hydroxyl groups excluding tert-OH is 5. The first kappa shape index (κ1) is 45.9. The van der Waals surface area contributed by atoms with Crippen LogP contribution in [-0.2, 0) is 14.2 Å². The highest BCUT2D eigenvalue weighted by atomic mass is 35.5. The molecular weight excluding hydrogens is 931 g/mol. The van der Waals surface area contributed by atoms with E-state index in [0.717, 1.165) is 11.1 Å². The fourth-order valence-electron chi connectivity index (χ4n) is 7.93. The van der Waals surface area contributed by atoms with Crippen LogP contribution >= 0.6 is 34.8 Å². The third kappa shape index (κ3) is 9.15. The predicted molar refractivity (Wildman–Crippen MR) is 243 cm³/mol. The van der Waals surface area contributed by atoms with Gasteiger partial charge in [0.05, 0.1) is 18.2 Å². The first-order valence-electron chi connectivity index (χ1n) is 20.5. The van der Waals surface area contributed by atoms with Gasteiger partial charge in [0.15, 0.2) is 46.3 Å². The molecule has 0 unspecified atom stereocenters. The summed E-state index contributed by atoms with van der Waals surface area (Å²) in [6.07, 6.45) is -6.64. The van der Waals surface area contributed by atoms with Crippen molar-refractivity contribution in [2.45, 2.75) is 61.3 Å². The number of nitrogens with zero attached hydrogens (tertiary/aromatic N) is 8. The number of nitrogens with one attached hydrogen (secondary N) is 1. The van der Waals surface area contributed by atoms with Crippen molar-refractivity contribution in [2.24, 2.45) is 5.84 Å². The zero-order valence-corrected chi connectivity index (χ0v) is 36.8. The summed E-state index contributed by atoms with van der Waals surface area (Å²) in [5.74, 6) is 5.10. The van der Waals surface area contributed by atoms with Gasteiger partial charge in [-0.2, -0.15) is 0 Å². The number of aromatic nitrogens is 8. The quantitative estimate of drug-likeness (QED) is 0.0405. The van der Waals surface area contributed by atoms with Gasteiger partial charge in [-0.3, -0.25) is 9.13 Å². The molecule has 8 N–H and O–H groups in total. The lowest BCUT2D eigenvalue weighted by Gasteiger charge is -2.26. The Balaban J connectivity index is 0.000000181. The minimum atomic E-state index is -1.42. The normalized spacial score (nSPS) is 23.4. The molecule has 19 nitrogen and oxygen atoms in total. The van der Waals surface area contributed by atoms with Crippen LogP contribution in [0, 0.1) is 0 Å². The van der Waals surface area contributed by atoms with E-state index in [1.807, 2.05) is 42.5 Å². The average Bonchev–Trinajstić information content (AvgIpc) is 4.13. The molecule has 2 saturated heterocycles. The molecule has 0 amide bonds. The van der Waals surface area contributed by atoms with Crippen molar-refractivity contribution in [1.82, 2.24) is 39.0 Å². The monoisotopic (exact) mass is 968 g/mol. The van der Waals surface area contributed by atoms with Crippen LogP contribution in [0.3, 0.4) is 0 Å². The summed E-state index contributed by atoms with van der Waals surface area (Å²) in [7, 11) is 0. The molecule has 8 aromatic rings. The number of benzene rings is 4. The van der Waals surface area contributed by atoms with Crippen molar-refractivity contribution in [3.8, 4) is 11.1 Å². The maximum atomic E-state index is 13.3. The summed E-state index contributed by atoms with van der Waals surface area (Å²) >= 11 is 18.1. The molecule has 344 valence electrons. The number of fused-ring (bicyclic) bond motifs is 2. The van der Waals surface area contributed by atoms with Crippen molar-refractivity contribution in [2.75, 3.05) is 5.43 Å². The lowest BCUT2D eigenvalue weighted by atomic mass is 9.98. The van der Waals surface area contributed by atoms with E-state index in [0.29, 0.717) is 54.9 Å². The number of carbonyl (C=O) groups excluding carboxylic acids is 1. The Morgan fingerprint density at radius 3 is 1.76 bits per heavy atom. The van der Waals surface area contributed by atoms with Gasteiger partial charge >= 0.3 is 5.97 Å². The standard InChI is InChI=1S/C29H22Cl2N4O5.C16H17ClN6O4/c30-20-12-10-18(11-13-20)24(40-29(38)19-8-6-17(7-9-19)16-4-2-1-3-5-16)25-22(36)23(37)28(39-25)35-15-34-21-26(31)32-14-33-27(21)35;17-8-3-1-7(2-4-8)10(24)13-11(25)12(26)16(27-13)23-6-21-9-14(22-18)19-5-20-15(9)23/h1-15,22-25,28,36-37H;1-6,10-13,16,24-26H,18H2,(H,19,20,22)/t22-,23+,24+,25-,28+;10-,11+,12-,13-,16-/m01/s1. The molecule has 67 heavy (non-hydrogen) atoms. The van der Waals surface area contributed by atoms with Gasteiger partial charge in [0.25, 0.3) is 0 Å². The van der Waals surface area contributed by atoms with Crippen LogP contribution < -0.4 is 11.3 Å². The maximum absolute atomic E-state index is 13.3. The second kappa shape index (κ2) is 19.6. The van der Waals surface area contributed by atoms with Crippen molar-refractivity contribution in [3.63, 3.8) is 0 Å². The highest BCUT2D eigenvalue weighted by Gasteiger charge is 2.50. The van der Waals surface area contributed by atoms with Gasteiger partial charge in [-0.1, -0.05) is 102 Å². The molecule has 6 heterocycles. The molecule has 10 atom stereocenters. The van der Waals surface area contributed by atoms with E-state index in [4.69, 9.17) is 54.9 Å². The fourth-order valence-corrected chi connectivity index (χ4v) is 8.36. The number of halogens is 3. The number of aliphatic hydroxyl groups is 5. The molecule has 2 fully saturated rings. The summed E-state index contributed by atoms with van der Waals surface area (Å²) < 4.78 is 20.8. The summed E-state index contributed by atoms with van der Waals surface area (Å²) in [4.78, 5) is 37.9. The van der Waals surface area contributed by atoms with Crippen LogP contribution in [0.1, 0.15) is 46.1 Å². The van der Waals surface area contributed by atoms with Gasteiger partial charge in [0.2, 0.25) is 0 Å². The van der Waals surface area contributed by atoms with Crippen LogP contribution in [-0.4, -0.2) is 107 Å². The van der Waals surface area contributed by atoms with Crippen LogP contribution in [0.25, 0.3) is 33.5 Å². The van der Waals surface area contributed by atoms with Crippen molar-refractivity contribution in [3.05, 3.63) is 160 Å². The smallest absolute Gasteiger partial charge is 0.338 e. The topological polar surface area (TPSA) is 271 Å². The molecule has 0 aliphatic carbocycles. The molecule has 4 aromatic carbocycles. The number of hydrogen-bond donors (Lipinski definition) is 7. The van der Waals surface area contributed by atoms with Crippen molar-refractivity contribution < 1.29 is 44.5 Å². The minimum Gasteiger partial charge on any atom is -0.451 e. The lowest BCUT2D eigenvalue weighted by Crippen LogP contribution is -2.36. The van der Waals surface area contributed by atoms with Gasteiger partial charge < -0.3 is 45.2 Å². The SMILES string of the molecule is NNc1ncnc2c1ncn2[C@@H]1O[C@H]([C@H](O)c2ccc(Cl)cc2)[C@@H](O)[C@H]1O.O=C(O[C@H](c1ccc(Cl)cc1)[C@H]1O[C@@H](n2cnc3c(Cl)ncnc32)[C@H](O)[C@@H]1O)c1ccc(-c2ccccc2)cc1. The van der Waals surface area contributed by atoms with E-state index >= 15 is 0 Å². The summed E-state index contributed by atoms with van der Waals surface area (Å²) in [5, 5.41) is 54.7. The molecule has 22 heteroatoms.